The SMILES string of the molecule is COCC1CCCN(C2CCC(NC(C)C)(C(=O)O)C2)C1. The van der Waals surface area contributed by atoms with Crippen LogP contribution in [0.1, 0.15) is 46.0 Å². The predicted octanol–water partition coefficient (Wildman–Crippen LogP) is 1.72. The summed E-state index contributed by atoms with van der Waals surface area (Å²) in [5, 5.41) is 13.0. The molecule has 2 fully saturated rings. The predicted molar refractivity (Wildman–Crippen MR) is 82.5 cm³/mol. The highest BCUT2D eigenvalue weighted by molar-refractivity contribution is 5.79. The van der Waals surface area contributed by atoms with Gasteiger partial charge in [-0.05, 0) is 58.4 Å². The van der Waals surface area contributed by atoms with E-state index in [-0.39, 0.29) is 6.04 Å². The van der Waals surface area contributed by atoms with Crippen molar-refractivity contribution >= 4 is 5.97 Å². The number of hydrogen-bond donors (Lipinski definition) is 2. The Bertz CT molecular complexity index is 359. The molecule has 2 rings (SSSR count). The van der Waals surface area contributed by atoms with E-state index < -0.39 is 11.5 Å². The summed E-state index contributed by atoms with van der Waals surface area (Å²) in [6.07, 6.45) is 4.86. The minimum atomic E-state index is -0.729. The van der Waals surface area contributed by atoms with Gasteiger partial charge in [0.15, 0.2) is 0 Å². The zero-order valence-corrected chi connectivity index (χ0v) is 13.6. The Morgan fingerprint density at radius 2 is 2.24 bits per heavy atom. The normalized spacial score (nSPS) is 34.5. The van der Waals surface area contributed by atoms with Crippen molar-refractivity contribution in [1.29, 1.82) is 0 Å². The molecular weight excluding hydrogens is 268 g/mol. The maximum Gasteiger partial charge on any atom is 0.323 e. The average Bonchev–Trinajstić information content (AvgIpc) is 2.84. The van der Waals surface area contributed by atoms with Gasteiger partial charge in [-0.25, -0.2) is 0 Å². The summed E-state index contributed by atoms with van der Waals surface area (Å²) in [5.41, 5.74) is -0.729. The smallest absolute Gasteiger partial charge is 0.323 e. The Hall–Kier alpha value is -0.650. The van der Waals surface area contributed by atoms with E-state index in [1.165, 1.54) is 12.8 Å². The lowest BCUT2D eigenvalue weighted by Gasteiger charge is -2.37. The van der Waals surface area contributed by atoms with Gasteiger partial charge in [-0.15, -0.1) is 0 Å². The minimum Gasteiger partial charge on any atom is -0.480 e. The summed E-state index contributed by atoms with van der Waals surface area (Å²) in [4.78, 5) is 14.3. The summed E-state index contributed by atoms with van der Waals surface area (Å²) in [6, 6.07) is 0.592. The Kier molecular flexibility index (Phi) is 5.63. The van der Waals surface area contributed by atoms with Gasteiger partial charge in [0.1, 0.15) is 5.54 Å². The topological polar surface area (TPSA) is 61.8 Å². The highest BCUT2D eigenvalue weighted by Gasteiger charge is 2.47. The van der Waals surface area contributed by atoms with E-state index in [9.17, 15) is 9.90 Å². The van der Waals surface area contributed by atoms with Gasteiger partial charge in [0.2, 0.25) is 0 Å². The number of methoxy groups -OCH3 is 1. The molecule has 3 unspecified atom stereocenters. The van der Waals surface area contributed by atoms with E-state index in [1.807, 2.05) is 13.8 Å². The van der Waals surface area contributed by atoms with Gasteiger partial charge in [0.05, 0.1) is 6.61 Å². The molecule has 0 aromatic carbocycles. The lowest BCUT2D eigenvalue weighted by Crippen LogP contribution is -2.54. The van der Waals surface area contributed by atoms with Crippen LogP contribution in [0.3, 0.4) is 0 Å². The monoisotopic (exact) mass is 298 g/mol. The molecule has 2 N–H and O–H groups in total. The van der Waals surface area contributed by atoms with Gasteiger partial charge in [0.25, 0.3) is 0 Å². The Labute approximate surface area is 128 Å². The molecule has 122 valence electrons. The third-order valence-electron chi connectivity index (χ3n) is 4.93. The fourth-order valence-electron chi connectivity index (χ4n) is 4.07. The van der Waals surface area contributed by atoms with E-state index in [0.717, 1.165) is 39.0 Å². The van der Waals surface area contributed by atoms with Crippen LogP contribution in [0.2, 0.25) is 0 Å². The third-order valence-corrected chi connectivity index (χ3v) is 4.93. The molecule has 1 saturated carbocycles. The fourth-order valence-corrected chi connectivity index (χ4v) is 4.07. The lowest BCUT2D eigenvalue weighted by atomic mass is 9.94. The summed E-state index contributed by atoms with van der Waals surface area (Å²) in [6.45, 7) is 7.01. The molecule has 0 radical (unpaired) electrons. The number of rotatable bonds is 6. The highest BCUT2D eigenvalue weighted by atomic mass is 16.5. The maximum atomic E-state index is 11.8. The number of carbonyl (C=O) groups is 1. The molecule has 21 heavy (non-hydrogen) atoms. The zero-order valence-electron chi connectivity index (χ0n) is 13.6. The number of hydrogen-bond acceptors (Lipinski definition) is 4. The van der Waals surface area contributed by atoms with Crippen LogP contribution in [0.4, 0.5) is 0 Å². The second-order valence-electron chi connectivity index (χ2n) is 7.04. The molecule has 0 aromatic heterocycles. The number of nitrogens with one attached hydrogen (secondary N) is 1. The van der Waals surface area contributed by atoms with Gasteiger partial charge in [0, 0.05) is 25.7 Å². The van der Waals surface area contributed by atoms with Crippen molar-refractivity contribution in [2.75, 3.05) is 26.8 Å². The largest absolute Gasteiger partial charge is 0.480 e. The summed E-state index contributed by atoms with van der Waals surface area (Å²) in [5.74, 6) is -0.0919. The first-order chi connectivity index (χ1) is 9.97. The Morgan fingerprint density at radius 3 is 2.86 bits per heavy atom. The molecular formula is C16H30N2O3. The van der Waals surface area contributed by atoms with E-state index in [1.54, 1.807) is 7.11 Å². The number of carboxylic acid groups (broad SMARTS) is 1. The molecule has 3 atom stereocenters. The van der Waals surface area contributed by atoms with Crippen molar-refractivity contribution in [3.63, 3.8) is 0 Å². The number of likely N-dealkylation sites (tertiary alicyclic amines) is 1. The number of aliphatic carboxylic acids is 1. The maximum absolute atomic E-state index is 11.8. The van der Waals surface area contributed by atoms with Crippen molar-refractivity contribution in [3.8, 4) is 0 Å². The Morgan fingerprint density at radius 1 is 1.48 bits per heavy atom. The standard InChI is InChI=1S/C16H30N2O3/c1-12(2)17-16(15(19)20)7-6-14(9-16)18-8-4-5-13(10-18)11-21-3/h12-14,17H,4-11H2,1-3H3,(H,19,20). The second kappa shape index (κ2) is 7.07. The molecule has 1 aliphatic carbocycles. The molecule has 1 aliphatic heterocycles. The molecule has 0 aromatic rings. The summed E-state index contributed by atoms with van der Waals surface area (Å²) < 4.78 is 5.29. The van der Waals surface area contributed by atoms with Crippen molar-refractivity contribution < 1.29 is 14.6 Å². The van der Waals surface area contributed by atoms with Gasteiger partial charge in [-0.1, -0.05) is 0 Å². The van der Waals surface area contributed by atoms with Crippen LogP contribution >= 0.6 is 0 Å². The first-order valence-electron chi connectivity index (χ1n) is 8.21. The van der Waals surface area contributed by atoms with E-state index in [0.29, 0.717) is 12.0 Å². The molecule has 5 nitrogen and oxygen atoms in total. The Balaban J connectivity index is 1.98. The fraction of sp³-hybridized carbons (Fsp3) is 0.938. The molecule has 2 aliphatic rings. The molecule has 0 amide bonds. The third kappa shape index (κ3) is 3.96. The molecule has 5 heteroatoms. The van der Waals surface area contributed by atoms with Crippen molar-refractivity contribution in [3.05, 3.63) is 0 Å². The second-order valence-corrected chi connectivity index (χ2v) is 7.04. The van der Waals surface area contributed by atoms with Crippen LogP contribution in [0, 0.1) is 5.92 Å². The summed E-state index contributed by atoms with van der Waals surface area (Å²) in [7, 11) is 1.76. The van der Waals surface area contributed by atoms with E-state index >= 15 is 0 Å². The summed E-state index contributed by atoms with van der Waals surface area (Å²) >= 11 is 0. The number of piperidine rings is 1. The van der Waals surface area contributed by atoms with Crippen LogP contribution in [0.15, 0.2) is 0 Å². The first-order valence-corrected chi connectivity index (χ1v) is 8.21. The van der Waals surface area contributed by atoms with E-state index in [2.05, 4.69) is 10.2 Å². The van der Waals surface area contributed by atoms with Gasteiger partial charge < -0.3 is 9.84 Å². The van der Waals surface area contributed by atoms with Gasteiger partial charge in [-0.3, -0.25) is 15.0 Å². The van der Waals surface area contributed by atoms with Crippen LogP contribution in [0.5, 0.6) is 0 Å². The first kappa shape index (κ1) is 16.7. The van der Waals surface area contributed by atoms with Crippen molar-refractivity contribution in [2.24, 2.45) is 5.92 Å². The van der Waals surface area contributed by atoms with Gasteiger partial charge >= 0.3 is 5.97 Å². The highest BCUT2D eigenvalue weighted by Crippen LogP contribution is 2.35. The van der Waals surface area contributed by atoms with E-state index in [4.69, 9.17) is 4.74 Å². The van der Waals surface area contributed by atoms with Crippen LogP contribution in [0.25, 0.3) is 0 Å². The molecule has 1 saturated heterocycles. The lowest BCUT2D eigenvalue weighted by molar-refractivity contribution is -0.145. The molecule has 1 heterocycles. The van der Waals surface area contributed by atoms with Gasteiger partial charge in [-0.2, -0.15) is 0 Å². The van der Waals surface area contributed by atoms with Crippen molar-refractivity contribution in [1.82, 2.24) is 10.2 Å². The minimum absolute atomic E-state index is 0.197. The number of nitrogens with zero attached hydrogens (tertiary/aromatic N) is 1. The average molecular weight is 298 g/mol. The van der Waals surface area contributed by atoms with Crippen LogP contribution in [-0.4, -0.2) is 60.4 Å². The van der Waals surface area contributed by atoms with Crippen LogP contribution < -0.4 is 5.32 Å². The quantitative estimate of drug-likeness (QED) is 0.782. The van der Waals surface area contributed by atoms with Crippen molar-refractivity contribution in [2.45, 2.75) is 63.6 Å². The molecule has 0 spiro atoms. The van der Waals surface area contributed by atoms with Crippen LogP contribution in [-0.2, 0) is 9.53 Å². The zero-order chi connectivity index (χ0) is 15.5. The molecule has 0 bridgehead atoms. The number of ether oxygens (including phenoxy) is 1. The number of carboxylic acids is 1.